The number of hydrogen-bond acceptors (Lipinski definition) is 6. The van der Waals surface area contributed by atoms with Gasteiger partial charge in [-0.05, 0) is 42.0 Å². The van der Waals surface area contributed by atoms with Crippen LogP contribution in [0, 0.1) is 0 Å². The first-order chi connectivity index (χ1) is 17.0. The summed E-state index contributed by atoms with van der Waals surface area (Å²) in [6.07, 6.45) is 1.36. The first-order valence-corrected chi connectivity index (χ1v) is 11.1. The summed E-state index contributed by atoms with van der Waals surface area (Å²) in [7, 11) is 1.57. The number of H-pyrrole nitrogens is 1. The number of pyridine rings is 1. The second-order valence-electron chi connectivity index (χ2n) is 8.44. The smallest absolute Gasteiger partial charge is 0.312 e. The van der Waals surface area contributed by atoms with E-state index in [-0.39, 0.29) is 23.2 Å². The molecule has 7 nitrogen and oxygen atoms in total. The summed E-state index contributed by atoms with van der Waals surface area (Å²) in [5, 5.41) is 1.11. The molecule has 0 saturated carbocycles. The lowest BCUT2D eigenvalue weighted by molar-refractivity contribution is -0.135. The zero-order chi connectivity index (χ0) is 24.1. The Morgan fingerprint density at radius 3 is 2.60 bits per heavy atom. The minimum absolute atomic E-state index is 0.0607. The fraction of sp³-hybridized carbons (Fsp3) is 0.107. The van der Waals surface area contributed by atoms with Crippen LogP contribution in [0.25, 0.3) is 33.0 Å². The molecule has 0 amide bonds. The number of methoxy groups -OCH3 is 1. The van der Waals surface area contributed by atoms with Gasteiger partial charge in [0.2, 0.25) is 5.43 Å². The minimum Gasteiger partial charge on any atom is -0.497 e. The maximum absolute atomic E-state index is 13.4. The largest absolute Gasteiger partial charge is 0.497 e. The van der Waals surface area contributed by atoms with Crippen LogP contribution in [0.3, 0.4) is 0 Å². The lowest BCUT2D eigenvalue weighted by Crippen LogP contribution is -2.26. The molecule has 0 spiro atoms. The highest BCUT2D eigenvalue weighted by molar-refractivity contribution is 5.90. The van der Waals surface area contributed by atoms with Crippen LogP contribution < -0.4 is 20.5 Å². The van der Waals surface area contributed by atoms with Crippen LogP contribution in [0.1, 0.15) is 23.5 Å². The second-order valence-corrected chi connectivity index (χ2v) is 8.44. The van der Waals surface area contributed by atoms with E-state index in [0.29, 0.717) is 38.9 Å². The zero-order valence-corrected chi connectivity index (χ0v) is 18.7. The van der Waals surface area contributed by atoms with Gasteiger partial charge in [-0.1, -0.05) is 30.3 Å². The zero-order valence-electron chi connectivity index (χ0n) is 18.7. The van der Waals surface area contributed by atoms with Crippen LogP contribution in [-0.4, -0.2) is 18.1 Å². The highest BCUT2D eigenvalue weighted by Crippen LogP contribution is 2.42. The number of hydrogen-bond donors (Lipinski definition) is 1. The molecule has 5 aromatic rings. The second kappa shape index (κ2) is 7.99. The number of nitrogens with one attached hydrogen (secondary N) is 1. The molecular formula is C28H19NO6. The van der Waals surface area contributed by atoms with E-state index >= 15 is 0 Å². The van der Waals surface area contributed by atoms with Crippen molar-refractivity contribution in [3.05, 3.63) is 105 Å². The molecule has 0 radical (unpaired) electrons. The summed E-state index contributed by atoms with van der Waals surface area (Å²) in [4.78, 5) is 41.9. The lowest BCUT2D eigenvalue weighted by atomic mass is 9.85. The molecule has 0 fully saturated rings. The molecule has 1 atom stereocenters. The lowest BCUT2D eigenvalue weighted by Gasteiger charge is -2.25. The third-order valence-electron chi connectivity index (χ3n) is 6.42. The highest BCUT2D eigenvalue weighted by Gasteiger charge is 2.33. The number of carbonyl (C=O) groups excluding carboxylic acids is 1. The minimum atomic E-state index is -0.653. The van der Waals surface area contributed by atoms with Crippen molar-refractivity contribution in [2.24, 2.45) is 0 Å². The Bertz CT molecular complexity index is 1750. The van der Waals surface area contributed by atoms with Crippen LogP contribution in [0.2, 0.25) is 0 Å². The molecule has 6 rings (SSSR count). The van der Waals surface area contributed by atoms with Gasteiger partial charge in [0, 0.05) is 27.9 Å². The summed E-state index contributed by atoms with van der Waals surface area (Å²) in [5.41, 5.74) is 2.48. The van der Waals surface area contributed by atoms with Gasteiger partial charge in [0.1, 0.15) is 23.3 Å². The van der Waals surface area contributed by atoms with Crippen LogP contribution in [-0.2, 0) is 4.79 Å². The maximum Gasteiger partial charge on any atom is 0.312 e. The normalized spacial score (nSPS) is 15.1. The number of aromatic nitrogens is 1. The monoisotopic (exact) mass is 465 g/mol. The average Bonchev–Trinajstić information content (AvgIpc) is 2.88. The molecular weight excluding hydrogens is 446 g/mol. The van der Waals surface area contributed by atoms with Crippen LogP contribution in [0.5, 0.6) is 11.5 Å². The fourth-order valence-corrected chi connectivity index (χ4v) is 4.73. The van der Waals surface area contributed by atoms with Crippen molar-refractivity contribution in [2.75, 3.05) is 7.11 Å². The highest BCUT2D eigenvalue weighted by atomic mass is 16.5. The number of aromatic amines is 1. The van der Waals surface area contributed by atoms with E-state index in [9.17, 15) is 14.4 Å². The van der Waals surface area contributed by atoms with Crippen molar-refractivity contribution in [2.45, 2.75) is 12.3 Å². The van der Waals surface area contributed by atoms with E-state index in [1.807, 2.05) is 36.4 Å². The molecule has 1 aliphatic heterocycles. The van der Waals surface area contributed by atoms with Crippen molar-refractivity contribution in [3.63, 3.8) is 0 Å². The first-order valence-electron chi connectivity index (χ1n) is 11.1. The van der Waals surface area contributed by atoms with Gasteiger partial charge in [0.05, 0.1) is 24.5 Å². The van der Waals surface area contributed by atoms with Gasteiger partial charge in [0.15, 0.2) is 0 Å². The Hall–Kier alpha value is -4.65. The van der Waals surface area contributed by atoms with E-state index < -0.39 is 11.9 Å². The fourth-order valence-electron chi connectivity index (χ4n) is 4.73. The molecule has 0 aliphatic carbocycles. The summed E-state index contributed by atoms with van der Waals surface area (Å²) >= 11 is 0. The van der Waals surface area contributed by atoms with Crippen LogP contribution in [0.15, 0.2) is 87.0 Å². The predicted molar refractivity (Wildman–Crippen MR) is 131 cm³/mol. The summed E-state index contributed by atoms with van der Waals surface area (Å²) < 4.78 is 16.8. The SMILES string of the molecule is COc1ccc2[nH]c(=O)c([C@H]3CC(=O)Oc4ccc5c(=O)c(-c6ccccc6)coc5c43)cc2c1. The Morgan fingerprint density at radius 1 is 0.971 bits per heavy atom. The Labute approximate surface area is 198 Å². The standard InChI is InChI=1S/C28H19NO6/c1-33-17-7-9-22-16(11-17)12-20(28(32)29-22)19-13-24(30)35-23-10-8-18-26(31)21(14-34-27(18)25(19)23)15-5-3-2-4-6-15/h2-12,14,19H,13H2,1H3,(H,29,32)/t19-/m1/s1. The van der Waals surface area contributed by atoms with Gasteiger partial charge in [0.25, 0.3) is 5.56 Å². The third-order valence-corrected chi connectivity index (χ3v) is 6.42. The van der Waals surface area contributed by atoms with E-state index in [1.54, 1.807) is 37.4 Å². The number of benzene rings is 3. The molecule has 1 N–H and O–H groups in total. The maximum atomic E-state index is 13.4. The summed E-state index contributed by atoms with van der Waals surface area (Å²) in [5.74, 6) is -0.196. The van der Waals surface area contributed by atoms with Crippen molar-refractivity contribution >= 4 is 27.8 Å². The number of fused-ring (bicyclic) bond motifs is 4. The molecule has 35 heavy (non-hydrogen) atoms. The van der Waals surface area contributed by atoms with E-state index in [1.165, 1.54) is 6.26 Å². The van der Waals surface area contributed by atoms with Gasteiger partial charge in [-0.25, -0.2) is 0 Å². The van der Waals surface area contributed by atoms with Crippen molar-refractivity contribution in [1.82, 2.24) is 4.98 Å². The summed E-state index contributed by atoms with van der Waals surface area (Å²) in [6.45, 7) is 0. The average molecular weight is 465 g/mol. The molecule has 0 unspecified atom stereocenters. The number of rotatable bonds is 3. The molecule has 0 saturated heterocycles. The molecule has 7 heteroatoms. The van der Waals surface area contributed by atoms with Crippen molar-refractivity contribution in [3.8, 4) is 22.6 Å². The number of ether oxygens (including phenoxy) is 2. The molecule has 2 aromatic heterocycles. The summed E-state index contributed by atoms with van der Waals surface area (Å²) in [6, 6.07) is 19.5. The first kappa shape index (κ1) is 20.9. The van der Waals surface area contributed by atoms with Gasteiger partial charge in [-0.3, -0.25) is 14.4 Å². The third kappa shape index (κ3) is 3.40. The predicted octanol–water partition coefficient (Wildman–Crippen LogP) is 4.75. The quantitative estimate of drug-likeness (QED) is 0.305. The Morgan fingerprint density at radius 2 is 1.80 bits per heavy atom. The molecule has 0 bridgehead atoms. The molecule has 3 aromatic carbocycles. The number of esters is 1. The van der Waals surface area contributed by atoms with E-state index in [2.05, 4.69) is 4.98 Å². The molecule has 1 aliphatic rings. The Kier molecular flexibility index (Phi) is 4.77. The van der Waals surface area contributed by atoms with Gasteiger partial charge < -0.3 is 18.9 Å². The topological polar surface area (TPSA) is 98.6 Å². The van der Waals surface area contributed by atoms with Gasteiger partial charge in [-0.15, -0.1) is 0 Å². The Balaban J connectivity index is 1.59. The van der Waals surface area contributed by atoms with Crippen molar-refractivity contribution in [1.29, 1.82) is 0 Å². The van der Waals surface area contributed by atoms with E-state index in [0.717, 1.165) is 10.9 Å². The molecule has 3 heterocycles. The van der Waals surface area contributed by atoms with Gasteiger partial charge >= 0.3 is 5.97 Å². The van der Waals surface area contributed by atoms with E-state index in [4.69, 9.17) is 13.9 Å². The van der Waals surface area contributed by atoms with Crippen LogP contribution >= 0.6 is 0 Å². The number of carbonyl (C=O) groups is 1. The van der Waals surface area contributed by atoms with Gasteiger partial charge in [-0.2, -0.15) is 0 Å². The van der Waals surface area contributed by atoms with Crippen LogP contribution in [0.4, 0.5) is 0 Å². The molecule has 172 valence electrons. The van der Waals surface area contributed by atoms with Crippen molar-refractivity contribution < 1.29 is 18.7 Å².